The lowest BCUT2D eigenvalue weighted by Gasteiger charge is -2.01. The molecule has 0 saturated carbocycles. The highest BCUT2D eigenvalue weighted by Gasteiger charge is 2.13. The van der Waals surface area contributed by atoms with Gasteiger partial charge in [-0.15, -0.1) is 5.10 Å². The number of carbonyl (C=O) groups is 1. The molecule has 1 aromatic carbocycles. The molecule has 0 bridgehead atoms. The molecule has 3 aromatic rings. The molecule has 0 N–H and O–H groups in total. The molecule has 0 aliphatic carbocycles. The largest absolute Gasteiger partial charge is 0.294 e. The lowest BCUT2D eigenvalue weighted by Crippen LogP contribution is -2.05. The molecule has 0 aliphatic rings. The van der Waals surface area contributed by atoms with E-state index in [0.717, 1.165) is 5.56 Å². The van der Waals surface area contributed by atoms with Crippen LogP contribution in [-0.4, -0.2) is 30.3 Å². The number of hydrogen-bond acceptors (Lipinski definition) is 7. The van der Waals surface area contributed by atoms with E-state index in [2.05, 4.69) is 15.1 Å². The molecule has 0 amide bonds. The molecule has 2 aromatic heterocycles. The number of carbonyl (C=O) groups excluding carboxylic acids is 1. The number of nitro benzene ring substituents is 1. The van der Waals surface area contributed by atoms with E-state index in [1.54, 1.807) is 23.6 Å². The summed E-state index contributed by atoms with van der Waals surface area (Å²) in [5.74, 6) is 0.939. The molecular weight excluding hydrogens is 330 g/mol. The van der Waals surface area contributed by atoms with Crippen molar-refractivity contribution in [2.75, 3.05) is 0 Å². The summed E-state index contributed by atoms with van der Waals surface area (Å²) in [6, 6.07) is 6.35. The van der Waals surface area contributed by atoms with E-state index in [-0.39, 0.29) is 11.5 Å². The summed E-state index contributed by atoms with van der Waals surface area (Å²) >= 11 is 1.40. The molecular formula is C15H13N5O3S. The molecule has 2 heterocycles. The smallest absolute Gasteiger partial charge is 0.269 e. The minimum absolute atomic E-state index is 0.0613. The molecule has 8 nitrogen and oxygen atoms in total. The number of aryl methyl sites for hydroxylation is 1. The third-order valence-corrected chi connectivity index (χ3v) is 4.39. The first-order valence-electron chi connectivity index (χ1n) is 7.05. The van der Waals surface area contributed by atoms with Crippen LogP contribution in [0.15, 0.2) is 35.6 Å². The predicted octanol–water partition coefficient (Wildman–Crippen LogP) is 2.84. The van der Waals surface area contributed by atoms with Crippen molar-refractivity contribution in [2.24, 2.45) is 0 Å². The zero-order chi connectivity index (χ0) is 17.3. The Hall–Kier alpha value is -2.81. The third-order valence-electron chi connectivity index (χ3n) is 3.48. The van der Waals surface area contributed by atoms with Gasteiger partial charge in [0.2, 0.25) is 5.16 Å². The average Bonchev–Trinajstić information content (AvgIpc) is 2.97. The Balaban J connectivity index is 1.79. The second kappa shape index (κ2) is 6.36. The number of ketones is 1. The van der Waals surface area contributed by atoms with E-state index in [1.165, 1.54) is 37.0 Å². The van der Waals surface area contributed by atoms with Gasteiger partial charge < -0.3 is 0 Å². The van der Waals surface area contributed by atoms with Crippen LogP contribution in [0.25, 0.3) is 5.78 Å². The van der Waals surface area contributed by atoms with Crippen molar-refractivity contribution < 1.29 is 9.72 Å². The molecule has 24 heavy (non-hydrogen) atoms. The van der Waals surface area contributed by atoms with E-state index in [0.29, 0.717) is 27.9 Å². The normalized spacial score (nSPS) is 10.9. The van der Waals surface area contributed by atoms with Gasteiger partial charge in [0.05, 0.1) is 16.2 Å². The number of non-ortho nitro benzene ring substituents is 1. The van der Waals surface area contributed by atoms with E-state index in [4.69, 9.17) is 0 Å². The number of nitrogens with zero attached hydrogens (tertiary/aromatic N) is 5. The van der Waals surface area contributed by atoms with Gasteiger partial charge in [-0.1, -0.05) is 23.9 Å². The van der Waals surface area contributed by atoms with Gasteiger partial charge in [0, 0.05) is 24.1 Å². The summed E-state index contributed by atoms with van der Waals surface area (Å²) in [6.07, 6.45) is 1.51. The van der Waals surface area contributed by atoms with Gasteiger partial charge in [0.1, 0.15) is 0 Å². The number of Topliss-reactive ketones (excluding diaryl/α,β-unsaturated/α-hetero) is 1. The lowest BCUT2D eigenvalue weighted by atomic mass is 10.2. The van der Waals surface area contributed by atoms with Crippen LogP contribution in [0.4, 0.5) is 5.69 Å². The topological polar surface area (TPSA) is 103 Å². The number of fused-ring (bicyclic) bond motifs is 1. The molecule has 0 radical (unpaired) electrons. The fraction of sp³-hybridized carbons (Fsp3) is 0.200. The second-order valence-electron chi connectivity index (χ2n) is 5.13. The van der Waals surface area contributed by atoms with Crippen LogP contribution in [-0.2, 0) is 5.75 Å². The second-order valence-corrected chi connectivity index (χ2v) is 6.07. The Bertz CT molecular complexity index is 936. The fourth-order valence-electron chi connectivity index (χ4n) is 2.19. The van der Waals surface area contributed by atoms with Gasteiger partial charge in [0.15, 0.2) is 5.78 Å². The van der Waals surface area contributed by atoms with Crippen molar-refractivity contribution in [3.63, 3.8) is 0 Å². The number of nitro groups is 1. The Morgan fingerprint density at radius 3 is 2.67 bits per heavy atom. The number of hydrogen-bond donors (Lipinski definition) is 0. The van der Waals surface area contributed by atoms with Crippen LogP contribution in [0.5, 0.6) is 0 Å². The van der Waals surface area contributed by atoms with Gasteiger partial charge in [-0.05, 0) is 19.4 Å². The van der Waals surface area contributed by atoms with Crippen molar-refractivity contribution in [3.8, 4) is 0 Å². The van der Waals surface area contributed by atoms with Crippen LogP contribution < -0.4 is 0 Å². The summed E-state index contributed by atoms with van der Waals surface area (Å²) in [6.45, 7) is 3.28. The van der Waals surface area contributed by atoms with E-state index in [9.17, 15) is 14.9 Å². The van der Waals surface area contributed by atoms with Crippen molar-refractivity contribution in [1.29, 1.82) is 0 Å². The van der Waals surface area contributed by atoms with Crippen LogP contribution >= 0.6 is 11.8 Å². The van der Waals surface area contributed by atoms with Gasteiger partial charge in [-0.2, -0.15) is 9.50 Å². The maximum Gasteiger partial charge on any atom is 0.269 e. The number of benzene rings is 1. The highest BCUT2D eigenvalue weighted by Crippen LogP contribution is 2.22. The van der Waals surface area contributed by atoms with E-state index >= 15 is 0 Å². The molecule has 0 fully saturated rings. The summed E-state index contributed by atoms with van der Waals surface area (Å²) in [7, 11) is 0. The molecule has 122 valence electrons. The molecule has 0 unspecified atom stereocenters. The summed E-state index contributed by atoms with van der Waals surface area (Å²) < 4.78 is 1.55. The fourth-order valence-corrected chi connectivity index (χ4v) is 2.97. The summed E-state index contributed by atoms with van der Waals surface area (Å²) in [4.78, 5) is 30.2. The first-order chi connectivity index (χ1) is 11.5. The Kier molecular flexibility index (Phi) is 4.26. The van der Waals surface area contributed by atoms with E-state index < -0.39 is 4.92 Å². The first kappa shape index (κ1) is 16.1. The van der Waals surface area contributed by atoms with Gasteiger partial charge in [-0.25, -0.2) is 4.98 Å². The Labute approximate surface area is 141 Å². The number of rotatable bonds is 5. The SMILES string of the molecule is CC(=O)c1cnc2nc(SCc3ccc([N+](=O)[O-])cc3)nn2c1C. The quantitative estimate of drug-likeness (QED) is 0.304. The highest BCUT2D eigenvalue weighted by atomic mass is 32.2. The average molecular weight is 343 g/mol. The highest BCUT2D eigenvalue weighted by molar-refractivity contribution is 7.98. The van der Waals surface area contributed by atoms with Crippen molar-refractivity contribution in [2.45, 2.75) is 24.8 Å². The number of thioether (sulfide) groups is 1. The minimum atomic E-state index is -0.429. The van der Waals surface area contributed by atoms with Gasteiger partial charge in [0.25, 0.3) is 11.5 Å². The molecule has 0 aliphatic heterocycles. The van der Waals surface area contributed by atoms with Crippen molar-refractivity contribution >= 4 is 29.0 Å². The number of aromatic nitrogens is 4. The van der Waals surface area contributed by atoms with Crippen LogP contribution in [0.1, 0.15) is 28.5 Å². The maximum atomic E-state index is 11.5. The summed E-state index contributed by atoms with van der Waals surface area (Å²) in [5, 5.41) is 15.5. The van der Waals surface area contributed by atoms with Crippen molar-refractivity contribution in [1.82, 2.24) is 19.6 Å². The molecule has 0 saturated heterocycles. The zero-order valence-electron chi connectivity index (χ0n) is 13.0. The monoisotopic (exact) mass is 343 g/mol. The first-order valence-corrected chi connectivity index (χ1v) is 8.03. The lowest BCUT2D eigenvalue weighted by molar-refractivity contribution is -0.384. The van der Waals surface area contributed by atoms with E-state index in [1.807, 2.05) is 0 Å². The molecule has 9 heteroatoms. The summed E-state index contributed by atoms with van der Waals surface area (Å²) in [5.41, 5.74) is 2.20. The van der Waals surface area contributed by atoms with Crippen LogP contribution in [0.2, 0.25) is 0 Å². The third kappa shape index (κ3) is 3.11. The van der Waals surface area contributed by atoms with Crippen molar-refractivity contribution in [3.05, 3.63) is 57.4 Å². The van der Waals surface area contributed by atoms with Crippen LogP contribution in [0.3, 0.4) is 0 Å². The molecule has 0 atom stereocenters. The maximum absolute atomic E-state index is 11.5. The van der Waals surface area contributed by atoms with Gasteiger partial charge in [-0.3, -0.25) is 14.9 Å². The Morgan fingerprint density at radius 1 is 1.33 bits per heavy atom. The molecule has 3 rings (SSSR count). The predicted molar refractivity (Wildman–Crippen MR) is 88.2 cm³/mol. The zero-order valence-corrected chi connectivity index (χ0v) is 13.8. The van der Waals surface area contributed by atoms with Gasteiger partial charge >= 0.3 is 0 Å². The van der Waals surface area contributed by atoms with Crippen LogP contribution in [0, 0.1) is 17.0 Å². The molecule has 0 spiro atoms. The minimum Gasteiger partial charge on any atom is -0.294 e. The standard InChI is InChI=1S/C15H13N5O3S/c1-9-13(10(2)21)7-16-14-17-15(18-19(9)14)24-8-11-3-5-12(6-4-11)20(22)23/h3-7H,8H2,1-2H3. The Morgan fingerprint density at radius 2 is 2.04 bits per heavy atom.